The number of esters is 1. The number of hydrogen-bond acceptors (Lipinski definition) is 5. The fourth-order valence-electron chi connectivity index (χ4n) is 1.53. The zero-order valence-corrected chi connectivity index (χ0v) is 10.9. The van der Waals surface area contributed by atoms with Crippen LogP contribution in [0, 0.1) is 0 Å². The topological polar surface area (TPSA) is 76.7 Å². The minimum Gasteiger partial charge on any atom is -0.502 e. The lowest BCUT2D eigenvalue weighted by Crippen LogP contribution is -2.09. The molecule has 5 nitrogen and oxygen atoms in total. The number of halogens is 3. The molecule has 0 amide bonds. The van der Waals surface area contributed by atoms with Crippen LogP contribution in [0.25, 0.3) is 0 Å². The average Bonchev–Trinajstić information content (AvgIpc) is 2.47. The van der Waals surface area contributed by atoms with Gasteiger partial charge in [-0.25, -0.2) is 4.79 Å². The lowest BCUT2D eigenvalue weighted by atomic mass is 10.1. The molecule has 8 heteroatoms. The Hall–Kier alpha value is -2.77. The molecule has 1 aromatic carbocycles. The van der Waals surface area contributed by atoms with E-state index in [2.05, 4.69) is 0 Å². The van der Waals surface area contributed by atoms with Crippen molar-refractivity contribution in [1.82, 2.24) is 0 Å². The third-order valence-corrected chi connectivity index (χ3v) is 2.66. The Morgan fingerprint density at radius 1 is 1.23 bits per heavy atom. The smallest absolute Gasteiger partial charge is 0.416 e. The summed E-state index contributed by atoms with van der Waals surface area (Å²) in [4.78, 5) is 22.8. The Labute approximate surface area is 121 Å². The van der Waals surface area contributed by atoms with Crippen molar-refractivity contribution in [3.05, 3.63) is 63.7 Å². The van der Waals surface area contributed by atoms with E-state index in [1.165, 1.54) is 0 Å². The highest BCUT2D eigenvalue weighted by atomic mass is 19.4. The Kier molecular flexibility index (Phi) is 4.20. The first kappa shape index (κ1) is 15.6. The van der Waals surface area contributed by atoms with Crippen molar-refractivity contribution < 1.29 is 32.2 Å². The van der Waals surface area contributed by atoms with Crippen LogP contribution in [0.5, 0.6) is 5.75 Å². The minimum atomic E-state index is -4.49. The molecule has 0 radical (unpaired) electrons. The maximum atomic E-state index is 12.4. The number of alkyl halides is 3. The largest absolute Gasteiger partial charge is 0.502 e. The predicted molar refractivity (Wildman–Crippen MR) is 67.2 cm³/mol. The van der Waals surface area contributed by atoms with Gasteiger partial charge in [0.15, 0.2) is 5.75 Å². The van der Waals surface area contributed by atoms with Gasteiger partial charge in [-0.05, 0) is 24.3 Å². The molecule has 0 fully saturated rings. The number of rotatable bonds is 3. The normalized spacial score (nSPS) is 11.2. The van der Waals surface area contributed by atoms with Crippen molar-refractivity contribution in [2.24, 2.45) is 0 Å². The maximum absolute atomic E-state index is 12.4. The summed E-state index contributed by atoms with van der Waals surface area (Å²) in [7, 11) is 0. The zero-order valence-electron chi connectivity index (χ0n) is 10.9. The minimum absolute atomic E-state index is 0.0111. The molecule has 2 aromatic rings. The monoisotopic (exact) mass is 314 g/mol. The molecule has 0 spiro atoms. The van der Waals surface area contributed by atoms with Crippen LogP contribution in [-0.4, -0.2) is 11.1 Å². The lowest BCUT2D eigenvalue weighted by molar-refractivity contribution is -0.137. The number of ether oxygens (including phenoxy) is 1. The first-order valence-corrected chi connectivity index (χ1v) is 5.92. The molecule has 0 aliphatic rings. The van der Waals surface area contributed by atoms with E-state index < -0.39 is 35.5 Å². The summed E-state index contributed by atoms with van der Waals surface area (Å²) >= 11 is 0. The summed E-state index contributed by atoms with van der Waals surface area (Å²) in [5.74, 6) is -1.47. The van der Waals surface area contributed by atoms with Crippen molar-refractivity contribution in [3.63, 3.8) is 0 Å². The first-order valence-electron chi connectivity index (χ1n) is 5.92. The van der Waals surface area contributed by atoms with Crippen LogP contribution in [0.2, 0.25) is 0 Å². The Balaban J connectivity index is 2.03. The molecule has 1 N–H and O–H groups in total. The Morgan fingerprint density at radius 3 is 2.41 bits per heavy atom. The molecule has 0 atom stereocenters. The molecular formula is C14H9F3O5. The Bertz CT molecular complexity index is 731. The van der Waals surface area contributed by atoms with Gasteiger partial charge >= 0.3 is 12.1 Å². The van der Waals surface area contributed by atoms with Gasteiger partial charge in [-0.1, -0.05) is 0 Å². The van der Waals surface area contributed by atoms with Gasteiger partial charge in [0.1, 0.15) is 18.6 Å². The van der Waals surface area contributed by atoms with E-state index in [4.69, 9.17) is 14.3 Å². The molecule has 2 rings (SSSR count). The van der Waals surface area contributed by atoms with Gasteiger partial charge in [-0.2, -0.15) is 13.2 Å². The van der Waals surface area contributed by atoms with Gasteiger partial charge in [-0.3, -0.25) is 4.79 Å². The molecule has 0 aliphatic heterocycles. The fraction of sp³-hybridized carbons (Fsp3) is 0.143. The summed E-state index contributed by atoms with van der Waals surface area (Å²) in [5.41, 5.74) is -1.66. The van der Waals surface area contributed by atoms with Gasteiger partial charge in [0.25, 0.3) is 0 Å². The molecule has 22 heavy (non-hydrogen) atoms. The Morgan fingerprint density at radius 2 is 1.86 bits per heavy atom. The molecule has 0 saturated carbocycles. The van der Waals surface area contributed by atoms with Crippen LogP contribution in [0.15, 0.2) is 45.8 Å². The van der Waals surface area contributed by atoms with Gasteiger partial charge in [0.2, 0.25) is 5.43 Å². The number of benzene rings is 1. The lowest BCUT2D eigenvalue weighted by Gasteiger charge is -2.07. The number of carbonyl (C=O) groups excluding carboxylic acids is 1. The van der Waals surface area contributed by atoms with Crippen molar-refractivity contribution in [1.29, 1.82) is 0 Å². The van der Waals surface area contributed by atoms with E-state index >= 15 is 0 Å². The van der Waals surface area contributed by atoms with Crippen molar-refractivity contribution >= 4 is 5.97 Å². The van der Waals surface area contributed by atoms with Crippen LogP contribution in [-0.2, 0) is 17.5 Å². The number of hydrogen-bond donors (Lipinski definition) is 1. The summed E-state index contributed by atoms with van der Waals surface area (Å²) in [6, 6.07) is 4.43. The molecule has 0 bridgehead atoms. The van der Waals surface area contributed by atoms with Crippen LogP contribution in [0.4, 0.5) is 13.2 Å². The van der Waals surface area contributed by atoms with E-state index in [1.807, 2.05) is 0 Å². The average molecular weight is 314 g/mol. The molecule has 116 valence electrons. The summed E-state index contributed by atoms with van der Waals surface area (Å²) in [5, 5.41) is 8.98. The summed E-state index contributed by atoms with van der Waals surface area (Å²) < 4.78 is 46.8. The number of carbonyl (C=O) groups is 1. The molecule has 0 aliphatic carbocycles. The zero-order chi connectivity index (χ0) is 16.3. The molecule has 0 unspecified atom stereocenters. The third kappa shape index (κ3) is 3.66. The van der Waals surface area contributed by atoms with E-state index in [-0.39, 0.29) is 11.3 Å². The highest BCUT2D eigenvalue weighted by molar-refractivity contribution is 5.89. The standard InChI is InChI=1S/C14H9F3O5/c15-14(16,17)9-3-1-8(2-4-9)13(20)22-6-10-5-11(18)12(19)7-21-10/h1-5,7,19H,6H2. The first-order chi connectivity index (χ1) is 10.3. The van der Waals surface area contributed by atoms with E-state index in [1.54, 1.807) is 0 Å². The third-order valence-electron chi connectivity index (χ3n) is 2.66. The van der Waals surface area contributed by atoms with Gasteiger partial charge in [-0.15, -0.1) is 0 Å². The van der Waals surface area contributed by atoms with Crippen LogP contribution >= 0.6 is 0 Å². The number of aromatic hydroxyl groups is 1. The highest BCUT2D eigenvalue weighted by Crippen LogP contribution is 2.29. The van der Waals surface area contributed by atoms with Crippen molar-refractivity contribution in [3.8, 4) is 5.75 Å². The quantitative estimate of drug-likeness (QED) is 0.882. The van der Waals surface area contributed by atoms with Crippen LogP contribution < -0.4 is 5.43 Å². The van der Waals surface area contributed by atoms with E-state index in [9.17, 15) is 22.8 Å². The second-order valence-corrected chi connectivity index (χ2v) is 4.25. The molecule has 1 heterocycles. The molecular weight excluding hydrogens is 305 g/mol. The second kappa shape index (κ2) is 5.92. The second-order valence-electron chi connectivity index (χ2n) is 4.25. The maximum Gasteiger partial charge on any atom is 0.416 e. The molecule has 1 aromatic heterocycles. The van der Waals surface area contributed by atoms with E-state index in [0.29, 0.717) is 0 Å². The summed E-state index contributed by atoms with van der Waals surface area (Å²) in [6.07, 6.45) is -3.69. The highest BCUT2D eigenvalue weighted by Gasteiger charge is 2.30. The van der Waals surface area contributed by atoms with Gasteiger partial charge in [0.05, 0.1) is 11.1 Å². The molecule has 0 saturated heterocycles. The van der Waals surface area contributed by atoms with Gasteiger partial charge in [0, 0.05) is 6.07 Å². The van der Waals surface area contributed by atoms with Crippen molar-refractivity contribution in [2.45, 2.75) is 12.8 Å². The van der Waals surface area contributed by atoms with E-state index in [0.717, 1.165) is 36.6 Å². The predicted octanol–water partition coefficient (Wildman–Crippen LogP) is 2.72. The SMILES string of the molecule is O=C(OCc1cc(=O)c(O)co1)c1ccc(C(F)(F)F)cc1. The summed E-state index contributed by atoms with van der Waals surface area (Å²) in [6.45, 7) is -0.393. The van der Waals surface area contributed by atoms with Crippen molar-refractivity contribution in [2.75, 3.05) is 0 Å². The van der Waals surface area contributed by atoms with Crippen LogP contribution in [0.1, 0.15) is 21.7 Å². The fourth-order valence-corrected chi connectivity index (χ4v) is 1.53. The van der Waals surface area contributed by atoms with Gasteiger partial charge < -0.3 is 14.3 Å². The van der Waals surface area contributed by atoms with Crippen LogP contribution in [0.3, 0.4) is 0 Å².